The summed E-state index contributed by atoms with van der Waals surface area (Å²) in [5, 5.41) is 12.3. The van der Waals surface area contributed by atoms with Gasteiger partial charge >= 0.3 is 0 Å². The highest BCUT2D eigenvalue weighted by atomic mass is 32.2. The summed E-state index contributed by atoms with van der Waals surface area (Å²) < 4.78 is 0. The molecule has 1 aromatic heterocycles. The van der Waals surface area contributed by atoms with Crippen LogP contribution >= 0.6 is 11.8 Å². The van der Waals surface area contributed by atoms with Crippen LogP contribution in [0.1, 0.15) is 12.6 Å². The zero-order valence-electron chi connectivity index (χ0n) is 8.19. The van der Waals surface area contributed by atoms with Crippen LogP contribution in [0.15, 0.2) is 12.4 Å². The van der Waals surface area contributed by atoms with Gasteiger partial charge in [0.15, 0.2) is 11.5 Å². The Morgan fingerprint density at radius 3 is 2.93 bits per heavy atom. The van der Waals surface area contributed by atoms with Gasteiger partial charge in [-0.05, 0) is 6.26 Å². The molecule has 1 unspecified atom stereocenters. The molecule has 0 radical (unpaired) electrons. The molecule has 0 aliphatic rings. The van der Waals surface area contributed by atoms with E-state index in [1.807, 2.05) is 12.3 Å². The average Bonchev–Trinajstić information content (AvgIpc) is 2.26. The fourth-order valence-corrected chi connectivity index (χ4v) is 1.12. The van der Waals surface area contributed by atoms with Gasteiger partial charge in [-0.2, -0.15) is 17.0 Å². The molecule has 0 amide bonds. The summed E-state index contributed by atoms with van der Waals surface area (Å²) in [5.41, 5.74) is 0.348. The second-order valence-corrected chi connectivity index (χ2v) is 4.07. The lowest BCUT2D eigenvalue weighted by atomic mass is 10.4. The molecule has 1 heterocycles. The van der Waals surface area contributed by atoms with Gasteiger partial charge in [-0.25, -0.2) is 9.97 Å². The number of nitrogens with one attached hydrogen (secondary N) is 1. The second-order valence-electron chi connectivity index (χ2n) is 2.79. The van der Waals surface area contributed by atoms with E-state index in [1.165, 1.54) is 6.20 Å². The molecule has 1 rings (SSSR count). The van der Waals surface area contributed by atoms with Crippen molar-refractivity contribution in [2.24, 2.45) is 0 Å². The molecular weight excluding hydrogens is 196 g/mol. The zero-order chi connectivity index (χ0) is 10.4. The van der Waals surface area contributed by atoms with E-state index >= 15 is 0 Å². The Balaban J connectivity index is 2.63. The maximum absolute atomic E-state index is 8.74. The molecule has 0 aliphatic carbocycles. The highest BCUT2D eigenvalue weighted by Crippen LogP contribution is 2.09. The number of nitriles is 1. The first-order chi connectivity index (χ1) is 6.77. The quantitative estimate of drug-likeness (QED) is 0.812. The van der Waals surface area contributed by atoms with Crippen LogP contribution in [-0.4, -0.2) is 28.0 Å². The Morgan fingerprint density at radius 1 is 1.57 bits per heavy atom. The first-order valence-corrected chi connectivity index (χ1v) is 5.54. The standard InChI is InChI=1S/C9H12N4S/c1-7(14-2)6-13-9-8(5-10)11-3-4-12-9/h3-4,7H,6H2,1-2H3,(H,12,13). The smallest absolute Gasteiger partial charge is 0.182 e. The first-order valence-electron chi connectivity index (χ1n) is 4.25. The minimum Gasteiger partial charge on any atom is -0.367 e. The van der Waals surface area contributed by atoms with Crippen molar-refractivity contribution in [1.29, 1.82) is 5.26 Å². The third-order valence-electron chi connectivity index (χ3n) is 1.76. The number of rotatable bonds is 4. The van der Waals surface area contributed by atoms with E-state index in [-0.39, 0.29) is 0 Å². The van der Waals surface area contributed by atoms with E-state index in [1.54, 1.807) is 18.0 Å². The monoisotopic (exact) mass is 208 g/mol. The van der Waals surface area contributed by atoms with Gasteiger partial charge in [0.2, 0.25) is 0 Å². The predicted molar refractivity (Wildman–Crippen MR) is 58.2 cm³/mol. The molecule has 0 fully saturated rings. The van der Waals surface area contributed by atoms with Crippen LogP contribution in [0.4, 0.5) is 5.82 Å². The van der Waals surface area contributed by atoms with Crippen molar-refractivity contribution in [3.63, 3.8) is 0 Å². The second kappa shape index (κ2) is 5.45. The molecule has 0 spiro atoms. The predicted octanol–water partition coefficient (Wildman–Crippen LogP) is 1.51. The first kappa shape index (κ1) is 10.8. The Kier molecular flexibility index (Phi) is 4.20. The SMILES string of the molecule is CSC(C)CNc1nccnc1C#N. The summed E-state index contributed by atoms with van der Waals surface area (Å²) in [6, 6.07) is 1.99. The molecule has 0 aromatic carbocycles. The molecular formula is C9H12N4S. The van der Waals surface area contributed by atoms with Crippen molar-refractivity contribution >= 4 is 17.6 Å². The topological polar surface area (TPSA) is 61.6 Å². The van der Waals surface area contributed by atoms with E-state index in [0.717, 1.165) is 6.54 Å². The summed E-state index contributed by atoms with van der Waals surface area (Å²) in [7, 11) is 0. The highest BCUT2D eigenvalue weighted by molar-refractivity contribution is 7.99. The molecule has 1 N–H and O–H groups in total. The number of aromatic nitrogens is 2. The van der Waals surface area contributed by atoms with Gasteiger partial charge in [0.25, 0.3) is 0 Å². The van der Waals surface area contributed by atoms with Crippen molar-refractivity contribution < 1.29 is 0 Å². The number of nitrogens with zero attached hydrogens (tertiary/aromatic N) is 3. The lowest BCUT2D eigenvalue weighted by molar-refractivity contribution is 0.982. The van der Waals surface area contributed by atoms with Crippen LogP contribution in [0.2, 0.25) is 0 Å². The molecule has 4 nitrogen and oxygen atoms in total. The van der Waals surface area contributed by atoms with Crippen LogP contribution < -0.4 is 5.32 Å². The van der Waals surface area contributed by atoms with Crippen LogP contribution in [0, 0.1) is 11.3 Å². The number of hydrogen-bond acceptors (Lipinski definition) is 5. The molecule has 0 saturated heterocycles. The van der Waals surface area contributed by atoms with Gasteiger partial charge in [0, 0.05) is 24.2 Å². The fraction of sp³-hybridized carbons (Fsp3) is 0.444. The van der Waals surface area contributed by atoms with Crippen molar-refractivity contribution in [3.05, 3.63) is 18.1 Å². The van der Waals surface area contributed by atoms with Crippen LogP contribution in [0.5, 0.6) is 0 Å². The maximum Gasteiger partial charge on any atom is 0.182 e. The van der Waals surface area contributed by atoms with Gasteiger partial charge in [-0.3, -0.25) is 0 Å². The third kappa shape index (κ3) is 2.89. The van der Waals surface area contributed by atoms with Gasteiger partial charge in [0.05, 0.1) is 0 Å². The molecule has 0 bridgehead atoms. The van der Waals surface area contributed by atoms with Crippen LogP contribution in [0.25, 0.3) is 0 Å². The summed E-state index contributed by atoms with van der Waals surface area (Å²) in [6.45, 7) is 2.90. The van der Waals surface area contributed by atoms with Gasteiger partial charge in [-0.1, -0.05) is 6.92 Å². The Labute approximate surface area is 87.8 Å². The summed E-state index contributed by atoms with van der Waals surface area (Å²) >= 11 is 1.76. The van der Waals surface area contributed by atoms with Crippen LogP contribution in [-0.2, 0) is 0 Å². The Morgan fingerprint density at radius 2 is 2.29 bits per heavy atom. The molecule has 0 saturated carbocycles. The van der Waals surface area contributed by atoms with E-state index in [4.69, 9.17) is 5.26 Å². The molecule has 5 heteroatoms. The van der Waals surface area contributed by atoms with Crippen molar-refractivity contribution in [3.8, 4) is 6.07 Å². The number of anilines is 1. The summed E-state index contributed by atoms with van der Waals surface area (Å²) in [5.74, 6) is 0.566. The van der Waals surface area contributed by atoms with Crippen LogP contribution in [0.3, 0.4) is 0 Å². The van der Waals surface area contributed by atoms with Gasteiger partial charge < -0.3 is 5.32 Å². The minimum atomic E-state index is 0.348. The Bertz CT molecular complexity index is 334. The fourth-order valence-electron chi connectivity index (χ4n) is 0.873. The van der Waals surface area contributed by atoms with E-state index in [0.29, 0.717) is 16.8 Å². The molecule has 14 heavy (non-hydrogen) atoms. The zero-order valence-corrected chi connectivity index (χ0v) is 9.01. The van der Waals surface area contributed by atoms with Gasteiger partial charge in [0.1, 0.15) is 6.07 Å². The van der Waals surface area contributed by atoms with Gasteiger partial charge in [-0.15, -0.1) is 0 Å². The number of thioether (sulfide) groups is 1. The molecule has 1 aromatic rings. The van der Waals surface area contributed by atoms with Crippen molar-refractivity contribution in [1.82, 2.24) is 9.97 Å². The minimum absolute atomic E-state index is 0.348. The van der Waals surface area contributed by atoms with Crippen molar-refractivity contribution in [2.75, 3.05) is 18.1 Å². The molecule has 74 valence electrons. The van der Waals surface area contributed by atoms with E-state index in [9.17, 15) is 0 Å². The summed E-state index contributed by atoms with van der Waals surface area (Å²) in [6.07, 6.45) is 5.14. The highest BCUT2D eigenvalue weighted by Gasteiger charge is 2.04. The molecule has 0 aliphatic heterocycles. The largest absolute Gasteiger partial charge is 0.367 e. The van der Waals surface area contributed by atoms with E-state index in [2.05, 4.69) is 22.2 Å². The normalized spacial score (nSPS) is 11.8. The third-order valence-corrected chi connectivity index (χ3v) is 2.73. The lowest BCUT2D eigenvalue weighted by Gasteiger charge is -2.10. The van der Waals surface area contributed by atoms with Crippen molar-refractivity contribution in [2.45, 2.75) is 12.2 Å². The summed E-state index contributed by atoms with van der Waals surface area (Å²) in [4.78, 5) is 7.96. The Hall–Kier alpha value is -1.28. The molecule has 1 atom stereocenters. The lowest BCUT2D eigenvalue weighted by Crippen LogP contribution is -2.14. The maximum atomic E-state index is 8.74. The van der Waals surface area contributed by atoms with E-state index < -0.39 is 0 Å². The average molecular weight is 208 g/mol. The number of hydrogen-bond donors (Lipinski definition) is 1.